The van der Waals surface area contributed by atoms with Crippen LogP contribution in [0.2, 0.25) is 0 Å². The van der Waals surface area contributed by atoms with Crippen LogP contribution in [0.4, 0.5) is 0 Å². The van der Waals surface area contributed by atoms with Gasteiger partial charge >= 0.3 is 0 Å². The molecule has 0 N–H and O–H groups in total. The average molecular weight is 404 g/mol. The molecule has 0 unspecified atom stereocenters. The molecule has 27 heavy (non-hydrogen) atoms. The number of fused-ring (bicyclic) bond motifs is 1. The van der Waals surface area contributed by atoms with E-state index in [1.54, 1.807) is 16.2 Å². The molecule has 0 atom stereocenters. The van der Waals surface area contributed by atoms with Gasteiger partial charge in [-0.2, -0.15) is 0 Å². The summed E-state index contributed by atoms with van der Waals surface area (Å²) >= 11 is 3.21. The van der Waals surface area contributed by atoms with E-state index in [4.69, 9.17) is 0 Å². The summed E-state index contributed by atoms with van der Waals surface area (Å²) < 4.78 is 2.10. The monoisotopic (exact) mass is 403 g/mol. The van der Waals surface area contributed by atoms with E-state index in [0.717, 1.165) is 38.5 Å². The van der Waals surface area contributed by atoms with Gasteiger partial charge in [0, 0.05) is 35.9 Å². The van der Waals surface area contributed by atoms with E-state index in [-0.39, 0.29) is 5.91 Å². The average Bonchev–Trinajstić information content (AvgIpc) is 3.09. The van der Waals surface area contributed by atoms with Crippen LogP contribution in [-0.2, 0) is 17.8 Å². The van der Waals surface area contributed by atoms with Crippen molar-refractivity contribution < 1.29 is 4.79 Å². The highest BCUT2D eigenvalue weighted by Crippen LogP contribution is 2.22. The fraction of sp³-hybridized carbons (Fsp3) is 0.474. The summed E-state index contributed by atoms with van der Waals surface area (Å²) in [6.07, 6.45) is 5.17. The minimum Gasteiger partial charge on any atom is -0.340 e. The van der Waals surface area contributed by atoms with Gasteiger partial charge in [0.1, 0.15) is 0 Å². The Hall–Kier alpha value is -1.93. The van der Waals surface area contributed by atoms with Crippen molar-refractivity contribution in [1.29, 1.82) is 0 Å². The Morgan fingerprint density at radius 3 is 2.44 bits per heavy atom. The van der Waals surface area contributed by atoms with Gasteiger partial charge in [0.25, 0.3) is 0 Å². The Morgan fingerprint density at radius 2 is 1.81 bits per heavy atom. The van der Waals surface area contributed by atoms with Crippen molar-refractivity contribution in [3.05, 3.63) is 39.4 Å². The predicted octanol–water partition coefficient (Wildman–Crippen LogP) is 3.73. The molecule has 0 radical (unpaired) electrons. The smallest absolute Gasteiger partial charge is 0.222 e. The van der Waals surface area contributed by atoms with Crippen molar-refractivity contribution >= 4 is 34.0 Å². The fourth-order valence-electron chi connectivity index (χ4n) is 3.20. The van der Waals surface area contributed by atoms with Crippen molar-refractivity contribution in [3.8, 4) is 0 Å². The lowest BCUT2D eigenvalue weighted by Gasteiger charge is -2.18. The second-order valence-electron chi connectivity index (χ2n) is 6.75. The molecule has 0 aliphatic carbocycles. The maximum atomic E-state index is 12.7. The molecule has 0 saturated heterocycles. The highest BCUT2D eigenvalue weighted by Gasteiger charge is 2.17. The summed E-state index contributed by atoms with van der Waals surface area (Å²) in [7, 11) is 1.85. The molecule has 8 heteroatoms. The van der Waals surface area contributed by atoms with E-state index in [9.17, 15) is 4.79 Å². The number of carbonyl (C=O) groups is 1. The minimum atomic E-state index is 0.115. The Balaban J connectivity index is 1.68. The summed E-state index contributed by atoms with van der Waals surface area (Å²) in [5, 5.41) is 0.781. The lowest BCUT2D eigenvalue weighted by Crippen LogP contribution is -2.27. The van der Waals surface area contributed by atoms with Crippen LogP contribution in [0, 0.1) is 27.7 Å². The summed E-state index contributed by atoms with van der Waals surface area (Å²) in [5.74, 6) is 0.115. The summed E-state index contributed by atoms with van der Waals surface area (Å²) in [6, 6.07) is 0. The maximum absolute atomic E-state index is 12.7. The molecule has 0 aliphatic heterocycles. The normalized spacial score (nSPS) is 11.3. The molecule has 0 aliphatic rings. The quantitative estimate of drug-likeness (QED) is 0.463. The van der Waals surface area contributed by atoms with Gasteiger partial charge in [-0.05, 0) is 45.9 Å². The number of aromatic nitrogens is 4. The maximum Gasteiger partial charge on any atom is 0.222 e. The van der Waals surface area contributed by atoms with Crippen molar-refractivity contribution in [1.82, 2.24) is 24.3 Å². The lowest BCUT2D eigenvalue weighted by molar-refractivity contribution is -0.130. The third-order valence-electron chi connectivity index (χ3n) is 4.73. The Morgan fingerprint density at radius 1 is 1.15 bits per heavy atom. The predicted molar refractivity (Wildman–Crippen MR) is 111 cm³/mol. The van der Waals surface area contributed by atoms with Gasteiger partial charge in [-0.25, -0.2) is 15.0 Å². The fourth-order valence-corrected chi connectivity index (χ4v) is 4.54. The van der Waals surface area contributed by atoms with Crippen LogP contribution in [0.1, 0.15) is 39.6 Å². The zero-order chi connectivity index (χ0) is 19.7. The zero-order valence-electron chi connectivity index (χ0n) is 16.7. The SMILES string of the molecule is CSc1nc(C)c(CCC(=O)N(C)Cc2c(C)nc3sc(C)cn23)c(C)n1. The molecule has 0 fully saturated rings. The molecular weight excluding hydrogens is 378 g/mol. The molecule has 0 aromatic carbocycles. The van der Waals surface area contributed by atoms with Crippen LogP contribution in [0.3, 0.4) is 0 Å². The number of rotatable bonds is 6. The number of carbonyl (C=O) groups excluding carboxylic acids is 1. The number of thiazole rings is 1. The molecule has 1 amide bonds. The van der Waals surface area contributed by atoms with Gasteiger partial charge in [0.15, 0.2) is 10.1 Å². The molecule has 3 aromatic rings. The zero-order valence-corrected chi connectivity index (χ0v) is 18.3. The molecule has 6 nitrogen and oxygen atoms in total. The Labute approximate surface area is 168 Å². The van der Waals surface area contributed by atoms with E-state index in [1.807, 2.05) is 34.1 Å². The molecule has 0 bridgehead atoms. The van der Waals surface area contributed by atoms with Gasteiger partial charge in [-0.15, -0.1) is 11.3 Å². The number of thioether (sulfide) groups is 1. The van der Waals surface area contributed by atoms with Crippen LogP contribution >= 0.6 is 23.1 Å². The van der Waals surface area contributed by atoms with Crippen LogP contribution in [0.15, 0.2) is 11.4 Å². The number of nitrogens with zero attached hydrogens (tertiary/aromatic N) is 5. The van der Waals surface area contributed by atoms with Crippen molar-refractivity contribution in [3.63, 3.8) is 0 Å². The second-order valence-corrected chi connectivity index (χ2v) is 8.73. The van der Waals surface area contributed by atoms with Crippen LogP contribution in [0.25, 0.3) is 4.96 Å². The van der Waals surface area contributed by atoms with Crippen molar-refractivity contribution in [2.45, 2.75) is 52.2 Å². The number of amides is 1. The standard InChI is InChI=1S/C19H25N5OS2/c1-11-9-24-16(14(4)22-19(24)27-11)10-23(5)17(25)8-7-15-12(2)20-18(26-6)21-13(15)3/h9H,7-8,10H2,1-6H3. The van der Waals surface area contributed by atoms with E-state index in [1.165, 1.54) is 16.6 Å². The first kappa shape index (κ1) is 19.8. The van der Waals surface area contributed by atoms with Crippen LogP contribution in [0.5, 0.6) is 0 Å². The van der Waals surface area contributed by atoms with Crippen molar-refractivity contribution in [2.75, 3.05) is 13.3 Å². The number of hydrogen-bond acceptors (Lipinski definition) is 6. The summed E-state index contributed by atoms with van der Waals surface area (Å²) in [5.41, 5.74) is 5.05. The topological polar surface area (TPSA) is 63.4 Å². The van der Waals surface area contributed by atoms with Gasteiger partial charge in [-0.1, -0.05) is 11.8 Å². The first-order valence-electron chi connectivity index (χ1n) is 8.86. The van der Waals surface area contributed by atoms with E-state index in [2.05, 4.69) is 32.5 Å². The van der Waals surface area contributed by atoms with Crippen LogP contribution < -0.4 is 0 Å². The molecule has 3 rings (SSSR count). The third-order valence-corrected chi connectivity index (χ3v) is 6.17. The van der Waals surface area contributed by atoms with E-state index >= 15 is 0 Å². The summed E-state index contributed by atoms with van der Waals surface area (Å²) in [4.78, 5) is 30.3. The molecule has 0 spiro atoms. The third kappa shape index (κ3) is 4.16. The van der Waals surface area contributed by atoms with Gasteiger partial charge in [-0.3, -0.25) is 9.20 Å². The Kier molecular flexibility index (Phi) is 5.86. The van der Waals surface area contributed by atoms with Crippen molar-refractivity contribution in [2.24, 2.45) is 0 Å². The van der Waals surface area contributed by atoms with Gasteiger partial charge < -0.3 is 4.90 Å². The minimum absolute atomic E-state index is 0.115. The van der Waals surface area contributed by atoms with E-state index in [0.29, 0.717) is 19.4 Å². The summed E-state index contributed by atoms with van der Waals surface area (Å²) in [6.45, 7) is 8.61. The molecule has 144 valence electrons. The highest BCUT2D eigenvalue weighted by atomic mass is 32.2. The first-order chi connectivity index (χ1) is 12.8. The Bertz CT molecular complexity index is 969. The molecule has 3 aromatic heterocycles. The highest BCUT2D eigenvalue weighted by molar-refractivity contribution is 7.98. The molecule has 0 saturated carbocycles. The van der Waals surface area contributed by atoms with E-state index < -0.39 is 0 Å². The first-order valence-corrected chi connectivity index (χ1v) is 10.9. The number of hydrogen-bond donors (Lipinski definition) is 0. The molecular formula is C19H25N5OS2. The number of imidazole rings is 1. The number of aryl methyl sites for hydroxylation is 4. The van der Waals surface area contributed by atoms with Gasteiger partial charge in [0.2, 0.25) is 5.91 Å². The second kappa shape index (κ2) is 7.98. The largest absolute Gasteiger partial charge is 0.340 e. The molecule has 3 heterocycles. The van der Waals surface area contributed by atoms with Gasteiger partial charge in [0.05, 0.1) is 17.9 Å². The van der Waals surface area contributed by atoms with Crippen LogP contribution in [-0.4, -0.2) is 43.5 Å². The lowest BCUT2D eigenvalue weighted by atomic mass is 10.1.